The van der Waals surface area contributed by atoms with Gasteiger partial charge in [0.05, 0.1) is 18.8 Å². The van der Waals surface area contributed by atoms with Crippen LogP contribution in [0.15, 0.2) is 24.3 Å². The lowest BCUT2D eigenvalue weighted by Gasteiger charge is -2.12. The molecule has 0 bridgehead atoms. The van der Waals surface area contributed by atoms with Crippen LogP contribution in [0.5, 0.6) is 0 Å². The van der Waals surface area contributed by atoms with Crippen molar-refractivity contribution in [3.63, 3.8) is 0 Å². The fourth-order valence-corrected chi connectivity index (χ4v) is 1.82. The van der Waals surface area contributed by atoms with Crippen LogP contribution in [-0.2, 0) is 20.7 Å². The van der Waals surface area contributed by atoms with Crippen LogP contribution in [0.25, 0.3) is 0 Å². The lowest BCUT2D eigenvalue weighted by molar-refractivity contribution is -0.144. The lowest BCUT2D eigenvalue weighted by Crippen LogP contribution is -2.32. The van der Waals surface area contributed by atoms with Crippen LogP contribution < -0.4 is 5.73 Å². The first kappa shape index (κ1) is 16.2. The van der Waals surface area contributed by atoms with Crippen molar-refractivity contribution < 1.29 is 19.1 Å². The third kappa shape index (κ3) is 4.66. The molecule has 5 heteroatoms. The second-order valence-electron chi connectivity index (χ2n) is 4.27. The Morgan fingerprint density at radius 2 is 1.80 bits per heavy atom. The van der Waals surface area contributed by atoms with Gasteiger partial charge in [-0.3, -0.25) is 4.79 Å². The van der Waals surface area contributed by atoms with Crippen molar-refractivity contribution >= 4 is 11.9 Å². The zero-order valence-electron chi connectivity index (χ0n) is 11.9. The highest BCUT2D eigenvalue weighted by molar-refractivity contribution is 5.91. The molecule has 110 valence electrons. The van der Waals surface area contributed by atoms with E-state index in [2.05, 4.69) is 0 Å². The molecule has 0 aliphatic heterocycles. The monoisotopic (exact) mass is 279 g/mol. The van der Waals surface area contributed by atoms with Crippen molar-refractivity contribution in [1.82, 2.24) is 0 Å². The summed E-state index contributed by atoms with van der Waals surface area (Å²) in [5.74, 6) is -0.770. The molecule has 5 nitrogen and oxygen atoms in total. The quantitative estimate of drug-likeness (QED) is 0.768. The molecule has 1 atom stereocenters. The largest absolute Gasteiger partial charge is 0.465 e. The number of aryl methyl sites for hydroxylation is 1. The number of ether oxygens (including phenoxy) is 2. The zero-order chi connectivity index (χ0) is 15.0. The van der Waals surface area contributed by atoms with Crippen molar-refractivity contribution in [2.45, 2.75) is 32.7 Å². The Hall–Kier alpha value is -1.88. The van der Waals surface area contributed by atoms with Gasteiger partial charge in [-0.25, -0.2) is 4.79 Å². The molecule has 0 fully saturated rings. The summed E-state index contributed by atoms with van der Waals surface area (Å²) in [4.78, 5) is 23.2. The van der Waals surface area contributed by atoms with E-state index < -0.39 is 12.0 Å². The molecule has 0 aromatic heterocycles. The summed E-state index contributed by atoms with van der Waals surface area (Å²) in [6.07, 6.45) is 0.949. The van der Waals surface area contributed by atoms with Crippen molar-refractivity contribution in [2.24, 2.45) is 5.73 Å². The number of hydrogen-bond donors (Lipinski definition) is 1. The zero-order valence-corrected chi connectivity index (χ0v) is 11.9. The van der Waals surface area contributed by atoms with E-state index in [1.165, 1.54) is 0 Å². The number of rotatable bonds is 7. The van der Waals surface area contributed by atoms with Gasteiger partial charge in [0.25, 0.3) is 0 Å². The third-order valence-electron chi connectivity index (χ3n) is 2.83. The molecule has 0 heterocycles. The molecule has 1 aromatic rings. The summed E-state index contributed by atoms with van der Waals surface area (Å²) < 4.78 is 9.85. The first-order chi connectivity index (χ1) is 9.60. The van der Waals surface area contributed by atoms with Gasteiger partial charge in [-0.1, -0.05) is 18.2 Å². The summed E-state index contributed by atoms with van der Waals surface area (Å²) in [7, 11) is 0. The highest BCUT2D eigenvalue weighted by Crippen LogP contribution is 2.13. The molecule has 1 unspecified atom stereocenters. The minimum atomic E-state index is -0.676. The van der Waals surface area contributed by atoms with Gasteiger partial charge < -0.3 is 15.2 Å². The predicted molar refractivity (Wildman–Crippen MR) is 75.3 cm³/mol. The van der Waals surface area contributed by atoms with E-state index >= 15 is 0 Å². The van der Waals surface area contributed by atoms with Crippen LogP contribution >= 0.6 is 0 Å². The maximum Gasteiger partial charge on any atom is 0.338 e. The van der Waals surface area contributed by atoms with E-state index in [0.717, 1.165) is 5.56 Å². The van der Waals surface area contributed by atoms with E-state index in [4.69, 9.17) is 15.2 Å². The smallest absolute Gasteiger partial charge is 0.338 e. The summed E-state index contributed by atoms with van der Waals surface area (Å²) in [5, 5.41) is 0. The fourth-order valence-electron chi connectivity index (χ4n) is 1.82. The standard InChI is InChI=1S/C15H21NO4/c1-3-19-14(17)12-8-6-5-7-11(12)9-10-13(16)15(18)20-4-2/h5-8,13H,3-4,9-10,16H2,1-2H3. The van der Waals surface area contributed by atoms with Crippen molar-refractivity contribution in [3.05, 3.63) is 35.4 Å². The molecule has 0 amide bonds. The van der Waals surface area contributed by atoms with Crippen LogP contribution in [0, 0.1) is 0 Å². The van der Waals surface area contributed by atoms with E-state index in [9.17, 15) is 9.59 Å². The number of esters is 2. The van der Waals surface area contributed by atoms with Crippen LogP contribution in [-0.4, -0.2) is 31.2 Å². The minimum Gasteiger partial charge on any atom is -0.465 e. The molecule has 1 rings (SSSR count). The summed E-state index contributed by atoms with van der Waals surface area (Å²) in [5.41, 5.74) is 7.09. The molecule has 20 heavy (non-hydrogen) atoms. The Morgan fingerprint density at radius 1 is 1.15 bits per heavy atom. The summed E-state index contributed by atoms with van der Waals surface area (Å²) in [6, 6.07) is 6.49. The van der Waals surface area contributed by atoms with Crippen LogP contribution in [0.3, 0.4) is 0 Å². The molecule has 0 aliphatic rings. The molecule has 0 aliphatic carbocycles. The topological polar surface area (TPSA) is 78.6 Å². The molecule has 0 saturated heterocycles. The van der Waals surface area contributed by atoms with Crippen molar-refractivity contribution in [3.8, 4) is 0 Å². The molecule has 0 spiro atoms. The molecule has 2 N–H and O–H groups in total. The maximum absolute atomic E-state index is 11.8. The Labute approximate surface area is 119 Å². The molecular weight excluding hydrogens is 258 g/mol. The first-order valence-electron chi connectivity index (χ1n) is 6.77. The molecule has 0 saturated carbocycles. The molecule has 0 radical (unpaired) electrons. The third-order valence-corrected chi connectivity index (χ3v) is 2.83. The van der Waals surface area contributed by atoms with E-state index in [1.807, 2.05) is 12.1 Å². The van der Waals surface area contributed by atoms with Gasteiger partial charge in [-0.15, -0.1) is 0 Å². The highest BCUT2D eigenvalue weighted by atomic mass is 16.5. The second kappa shape index (κ2) is 8.32. The number of nitrogens with two attached hydrogens (primary N) is 1. The fraction of sp³-hybridized carbons (Fsp3) is 0.467. The van der Waals surface area contributed by atoms with E-state index in [0.29, 0.717) is 31.6 Å². The minimum absolute atomic E-state index is 0.311. The summed E-state index contributed by atoms with van der Waals surface area (Å²) >= 11 is 0. The SMILES string of the molecule is CCOC(=O)c1ccccc1CCC(N)C(=O)OCC. The van der Waals surface area contributed by atoms with Gasteiger partial charge in [0.15, 0.2) is 0 Å². The van der Waals surface area contributed by atoms with Crippen molar-refractivity contribution in [2.75, 3.05) is 13.2 Å². The average Bonchev–Trinajstić information content (AvgIpc) is 2.45. The van der Waals surface area contributed by atoms with Gasteiger partial charge >= 0.3 is 11.9 Å². The van der Waals surface area contributed by atoms with Gasteiger partial charge in [0.1, 0.15) is 6.04 Å². The van der Waals surface area contributed by atoms with E-state index in [-0.39, 0.29) is 5.97 Å². The first-order valence-corrected chi connectivity index (χ1v) is 6.77. The van der Waals surface area contributed by atoms with Crippen LogP contribution in [0.2, 0.25) is 0 Å². The average molecular weight is 279 g/mol. The molecule has 1 aromatic carbocycles. The van der Waals surface area contributed by atoms with Crippen LogP contribution in [0.4, 0.5) is 0 Å². The number of hydrogen-bond acceptors (Lipinski definition) is 5. The lowest BCUT2D eigenvalue weighted by atomic mass is 10.0. The molecular formula is C15H21NO4. The van der Waals surface area contributed by atoms with Crippen LogP contribution in [0.1, 0.15) is 36.2 Å². The Balaban J connectivity index is 2.68. The Bertz CT molecular complexity index is 459. The van der Waals surface area contributed by atoms with Gasteiger partial charge in [-0.05, 0) is 38.3 Å². The van der Waals surface area contributed by atoms with Crippen molar-refractivity contribution in [1.29, 1.82) is 0 Å². The highest BCUT2D eigenvalue weighted by Gasteiger charge is 2.17. The predicted octanol–water partition coefficient (Wildman–Crippen LogP) is 1.69. The van der Waals surface area contributed by atoms with E-state index in [1.54, 1.807) is 26.0 Å². The second-order valence-corrected chi connectivity index (χ2v) is 4.27. The number of benzene rings is 1. The maximum atomic E-state index is 11.8. The van der Waals surface area contributed by atoms with Gasteiger partial charge in [0, 0.05) is 0 Å². The number of carbonyl (C=O) groups excluding carboxylic acids is 2. The Morgan fingerprint density at radius 3 is 2.45 bits per heavy atom. The Kier molecular flexibility index (Phi) is 6.73. The number of carbonyl (C=O) groups is 2. The normalized spacial score (nSPS) is 11.8. The summed E-state index contributed by atoms with van der Waals surface area (Å²) in [6.45, 7) is 4.14. The van der Waals surface area contributed by atoms with Gasteiger partial charge in [-0.2, -0.15) is 0 Å². The van der Waals surface area contributed by atoms with Gasteiger partial charge in [0.2, 0.25) is 0 Å².